The Morgan fingerprint density at radius 3 is 2.65 bits per heavy atom. The zero-order valence-corrected chi connectivity index (χ0v) is 10.7. The van der Waals surface area contributed by atoms with Gasteiger partial charge in [0.2, 0.25) is 11.8 Å². The first kappa shape index (κ1) is 14.0. The topological polar surface area (TPSA) is 84.2 Å². The maximum atomic E-state index is 11.8. The molecule has 1 aliphatic rings. The number of rotatable bonds is 4. The molecule has 0 aromatic rings. The van der Waals surface area contributed by atoms with Gasteiger partial charge in [-0.25, -0.2) is 0 Å². The predicted molar refractivity (Wildman–Crippen MR) is 66.2 cm³/mol. The molecule has 0 spiro atoms. The Labute approximate surface area is 103 Å². The first-order valence-corrected chi connectivity index (χ1v) is 6.31. The molecule has 2 atom stereocenters. The monoisotopic (exact) mass is 241 g/mol. The summed E-state index contributed by atoms with van der Waals surface area (Å²) in [6, 6.07) is 0.228. The third-order valence-electron chi connectivity index (χ3n) is 2.96. The third kappa shape index (κ3) is 5.17. The van der Waals surface area contributed by atoms with Crippen LogP contribution in [0, 0.1) is 5.92 Å². The van der Waals surface area contributed by atoms with E-state index >= 15 is 0 Å². The lowest BCUT2D eigenvalue weighted by molar-refractivity contribution is -0.129. The number of hydrogen-bond donors (Lipinski definition) is 3. The van der Waals surface area contributed by atoms with E-state index in [1.54, 1.807) is 0 Å². The van der Waals surface area contributed by atoms with E-state index in [2.05, 4.69) is 10.6 Å². The van der Waals surface area contributed by atoms with Crippen LogP contribution in [0.15, 0.2) is 0 Å². The lowest BCUT2D eigenvalue weighted by atomic mass is 9.85. The van der Waals surface area contributed by atoms with Crippen molar-refractivity contribution in [2.75, 3.05) is 6.54 Å². The molecular formula is C12H23N3O2. The summed E-state index contributed by atoms with van der Waals surface area (Å²) < 4.78 is 0. The van der Waals surface area contributed by atoms with E-state index < -0.39 is 0 Å². The summed E-state index contributed by atoms with van der Waals surface area (Å²) >= 11 is 0. The van der Waals surface area contributed by atoms with Gasteiger partial charge in [0.25, 0.3) is 0 Å². The van der Waals surface area contributed by atoms with Gasteiger partial charge in [-0.3, -0.25) is 9.59 Å². The second kappa shape index (κ2) is 6.59. The molecule has 0 radical (unpaired) electrons. The highest BCUT2D eigenvalue weighted by Crippen LogP contribution is 2.22. The summed E-state index contributed by atoms with van der Waals surface area (Å²) in [5, 5.41) is 5.40. The van der Waals surface area contributed by atoms with Crippen LogP contribution in [0.25, 0.3) is 0 Å². The fourth-order valence-electron chi connectivity index (χ4n) is 2.15. The summed E-state index contributed by atoms with van der Waals surface area (Å²) in [6.07, 6.45) is 3.61. The zero-order chi connectivity index (χ0) is 12.8. The first-order valence-electron chi connectivity index (χ1n) is 6.31. The summed E-state index contributed by atoms with van der Waals surface area (Å²) in [5.41, 5.74) is 5.83. The summed E-state index contributed by atoms with van der Waals surface area (Å²) in [7, 11) is 0. The van der Waals surface area contributed by atoms with Crippen LogP contribution >= 0.6 is 0 Å². The van der Waals surface area contributed by atoms with Crippen LogP contribution in [0.1, 0.15) is 39.5 Å². The van der Waals surface area contributed by atoms with Crippen LogP contribution in [-0.4, -0.2) is 30.4 Å². The Hall–Kier alpha value is -1.10. The predicted octanol–water partition coefficient (Wildman–Crippen LogP) is 0.145. The molecule has 0 saturated heterocycles. The van der Waals surface area contributed by atoms with Crippen LogP contribution in [0.5, 0.6) is 0 Å². The molecule has 5 nitrogen and oxygen atoms in total. The molecule has 1 aliphatic carbocycles. The van der Waals surface area contributed by atoms with Crippen molar-refractivity contribution in [2.45, 2.75) is 51.6 Å². The molecule has 1 rings (SSSR count). The summed E-state index contributed by atoms with van der Waals surface area (Å²) in [4.78, 5) is 23.1. The average Bonchev–Trinajstić information content (AvgIpc) is 2.25. The van der Waals surface area contributed by atoms with Crippen molar-refractivity contribution >= 4 is 11.8 Å². The standard InChI is InChI=1S/C12H23N3O2/c1-8(2)15-11(16)7-14-12(17)9-4-3-5-10(13)6-9/h8-10H,3-7,13H2,1-2H3,(H,14,17)(H,15,16). The van der Waals surface area contributed by atoms with Gasteiger partial charge in [0, 0.05) is 18.0 Å². The van der Waals surface area contributed by atoms with Crippen molar-refractivity contribution in [2.24, 2.45) is 11.7 Å². The lowest BCUT2D eigenvalue weighted by Gasteiger charge is -2.25. The zero-order valence-electron chi connectivity index (χ0n) is 10.7. The number of carbonyl (C=O) groups is 2. The van der Waals surface area contributed by atoms with Gasteiger partial charge >= 0.3 is 0 Å². The highest BCUT2D eigenvalue weighted by atomic mass is 16.2. The first-order chi connectivity index (χ1) is 7.99. The van der Waals surface area contributed by atoms with E-state index in [0.29, 0.717) is 0 Å². The van der Waals surface area contributed by atoms with Gasteiger partial charge in [-0.2, -0.15) is 0 Å². The minimum absolute atomic E-state index is 0.0226. The summed E-state index contributed by atoms with van der Waals surface area (Å²) in [6.45, 7) is 3.84. The van der Waals surface area contributed by atoms with Crippen LogP contribution < -0.4 is 16.4 Å². The maximum Gasteiger partial charge on any atom is 0.239 e. The fourth-order valence-corrected chi connectivity index (χ4v) is 2.15. The molecule has 2 unspecified atom stereocenters. The second-order valence-corrected chi connectivity index (χ2v) is 5.06. The number of nitrogens with one attached hydrogen (secondary N) is 2. The van der Waals surface area contributed by atoms with Gasteiger partial charge in [0.15, 0.2) is 0 Å². The molecular weight excluding hydrogens is 218 g/mol. The van der Waals surface area contributed by atoms with E-state index in [0.717, 1.165) is 25.7 Å². The molecule has 98 valence electrons. The van der Waals surface area contributed by atoms with Gasteiger partial charge < -0.3 is 16.4 Å². The molecule has 0 aromatic heterocycles. The van der Waals surface area contributed by atoms with Gasteiger partial charge in [-0.15, -0.1) is 0 Å². The van der Waals surface area contributed by atoms with Crippen LogP contribution in [0.3, 0.4) is 0 Å². The van der Waals surface area contributed by atoms with Crippen LogP contribution in [-0.2, 0) is 9.59 Å². The van der Waals surface area contributed by atoms with E-state index in [-0.39, 0.29) is 36.4 Å². The fraction of sp³-hybridized carbons (Fsp3) is 0.833. The second-order valence-electron chi connectivity index (χ2n) is 5.06. The molecule has 2 amide bonds. The quantitative estimate of drug-likeness (QED) is 0.655. The molecule has 0 aromatic carbocycles. The Kier molecular flexibility index (Phi) is 5.41. The van der Waals surface area contributed by atoms with Crippen LogP contribution in [0.4, 0.5) is 0 Å². The van der Waals surface area contributed by atoms with Crippen LogP contribution in [0.2, 0.25) is 0 Å². The molecule has 4 N–H and O–H groups in total. The minimum atomic E-state index is -0.145. The van der Waals surface area contributed by atoms with Gasteiger partial charge in [0.05, 0.1) is 6.54 Å². The van der Waals surface area contributed by atoms with Gasteiger partial charge in [-0.05, 0) is 33.1 Å². The number of amides is 2. The Morgan fingerprint density at radius 2 is 2.06 bits per heavy atom. The lowest BCUT2D eigenvalue weighted by Crippen LogP contribution is -2.43. The van der Waals surface area contributed by atoms with Crippen molar-refractivity contribution in [3.8, 4) is 0 Å². The SMILES string of the molecule is CC(C)NC(=O)CNC(=O)C1CCCC(N)C1. The molecule has 1 saturated carbocycles. The maximum absolute atomic E-state index is 11.8. The van der Waals surface area contributed by atoms with Crippen molar-refractivity contribution in [1.29, 1.82) is 0 Å². The highest BCUT2D eigenvalue weighted by Gasteiger charge is 2.25. The van der Waals surface area contributed by atoms with Crippen molar-refractivity contribution in [3.63, 3.8) is 0 Å². The third-order valence-corrected chi connectivity index (χ3v) is 2.96. The number of hydrogen-bond acceptors (Lipinski definition) is 3. The largest absolute Gasteiger partial charge is 0.352 e. The van der Waals surface area contributed by atoms with E-state index in [9.17, 15) is 9.59 Å². The van der Waals surface area contributed by atoms with E-state index in [1.807, 2.05) is 13.8 Å². The van der Waals surface area contributed by atoms with Crippen molar-refractivity contribution < 1.29 is 9.59 Å². The molecule has 1 fully saturated rings. The molecule has 17 heavy (non-hydrogen) atoms. The Bertz CT molecular complexity index is 279. The Balaban J connectivity index is 2.26. The number of nitrogens with two attached hydrogens (primary N) is 1. The molecule has 0 heterocycles. The smallest absolute Gasteiger partial charge is 0.239 e. The van der Waals surface area contributed by atoms with E-state index in [4.69, 9.17) is 5.73 Å². The highest BCUT2D eigenvalue weighted by molar-refractivity contribution is 5.85. The molecule has 5 heteroatoms. The van der Waals surface area contributed by atoms with Crippen molar-refractivity contribution in [1.82, 2.24) is 10.6 Å². The van der Waals surface area contributed by atoms with Crippen molar-refractivity contribution in [3.05, 3.63) is 0 Å². The molecule has 0 aliphatic heterocycles. The van der Waals surface area contributed by atoms with E-state index in [1.165, 1.54) is 0 Å². The number of carbonyl (C=O) groups excluding carboxylic acids is 2. The summed E-state index contributed by atoms with van der Waals surface area (Å²) in [5.74, 6) is -0.210. The van der Waals surface area contributed by atoms with Gasteiger partial charge in [-0.1, -0.05) is 6.42 Å². The normalized spacial score (nSPS) is 24.5. The van der Waals surface area contributed by atoms with Gasteiger partial charge in [0.1, 0.15) is 0 Å². The Morgan fingerprint density at radius 1 is 1.35 bits per heavy atom. The minimum Gasteiger partial charge on any atom is -0.352 e. The molecule has 0 bridgehead atoms. The average molecular weight is 241 g/mol.